The van der Waals surface area contributed by atoms with Crippen molar-refractivity contribution < 1.29 is 14.4 Å². The van der Waals surface area contributed by atoms with Gasteiger partial charge >= 0.3 is 0 Å². The molecule has 3 amide bonds. The van der Waals surface area contributed by atoms with Crippen molar-refractivity contribution >= 4 is 34.2 Å². The van der Waals surface area contributed by atoms with E-state index < -0.39 is 0 Å². The number of piperidine rings is 1. The Morgan fingerprint density at radius 2 is 2.04 bits per heavy atom. The second-order valence-corrected chi connectivity index (χ2v) is 6.95. The van der Waals surface area contributed by atoms with E-state index >= 15 is 0 Å². The Balaban J connectivity index is 1.49. The van der Waals surface area contributed by atoms with Gasteiger partial charge in [-0.3, -0.25) is 14.4 Å². The minimum atomic E-state index is -0.283. The van der Waals surface area contributed by atoms with Crippen LogP contribution in [-0.2, 0) is 9.59 Å². The summed E-state index contributed by atoms with van der Waals surface area (Å²) in [5, 5.41) is 7.78. The maximum absolute atomic E-state index is 12.4. The largest absolute Gasteiger partial charge is 0.343 e. The standard InChI is InChI=1S/C18H20N4O3S/c23-15(11-20-16(24)13-5-2-1-3-6-13)22-9-4-7-14(12-22)17(25)21-18-19-8-10-26-18/h1-3,5-6,8,10,14H,4,7,9,11-12H2,(H,20,24)(H,19,21,25)/t14-/m0/s1. The summed E-state index contributed by atoms with van der Waals surface area (Å²) < 4.78 is 0. The summed E-state index contributed by atoms with van der Waals surface area (Å²) in [6, 6.07) is 8.76. The number of amides is 3. The molecule has 136 valence electrons. The van der Waals surface area contributed by atoms with Crippen LogP contribution in [-0.4, -0.2) is 47.2 Å². The number of hydrogen-bond donors (Lipinski definition) is 2. The maximum atomic E-state index is 12.4. The average Bonchev–Trinajstić information content (AvgIpc) is 3.19. The number of rotatable bonds is 5. The van der Waals surface area contributed by atoms with Crippen molar-refractivity contribution in [3.63, 3.8) is 0 Å². The zero-order valence-electron chi connectivity index (χ0n) is 14.2. The van der Waals surface area contributed by atoms with E-state index in [4.69, 9.17) is 0 Å². The first-order valence-electron chi connectivity index (χ1n) is 8.45. The molecule has 0 saturated carbocycles. The lowest BCUT2D eigenvalue weighted by Crippen LogP contribution is -2.47. The van der Waals surface area contributed by atoms with Crippen LogP contribution in [0.15, 0.2) is 41.9 Å². The minimum Gasteiger partial charge on any atom is -0.343 e. The summed E-state index contributed by atoms with van der Waals surface area (Å²) in [4.78, 5) is 42.4. The first kappa shape index (κ1) is 18.1. The molecule has 0 unspecified atom stereocenters. The quantitative estimate of drug-likeness (QED) is 0.836. The number of benzene rings is 1. The number of likely N-dealkylation sites (tertiary alicyclic amines) is 1. The Hall–Kier alpha value is -2.74. The van der Waals surface area contributed by atoms with Crippen LogP contribution in [0.5, 0.6) is 0 Å². The summed E-state index contributed by atoms with van der Waals surface area (Å²) in [5.41, 5.74) is 0.514. The summed E-state index contributed by atoms with van der Waals surface area (Å²) >= 11 is 1.36. The molecule has 1 aromatic carbocycles. The molecule has 2 N–H and O–H groups in total. The summed E-state index contributed by atoms with van der Waals surface area (Å²) in [5.74, 6) is -0.845. The molecule has 0 aliphatic carbocycles. The van der Waals surface area contributed by atoms with Gasteiger partial charge in [0.25, 0.3) is 5.91 Å². The van der Waals surface area contributed by atoms with Crippen molar-refractivity contribution in [3.8, 4) is 0 Å². The van der Waals surface area contributed by atoms with E-state index in [0.717, 1.165) is 12.8 Å². The average molecular weight is 372 g/mol. The highest BCUT2D eigenvalue weighted by Crippen LogP contribution is 2.19. The lowest BCUT2D eigenvalue weighted by molar-refractivity contribution is -0.133. The molecular formula is C18H20N4O3S. The lowest BCUT2D eigenvalue weighted by atomic mass is 9.97. The Bertz CT molecular complexity index is 764. The molecule has 1 aliphatic heterocycles. The van der Waals surface area contributed by atoms with Gasteiger partial charge in [-0.1, -0.05) is 18.2 Å². The van der Waals surface area contributed by atoms with E-state index in [-0.39, 0.29) is 30.2 Å². The molecule has 0 radical (unpaired) electrons. The molecule has 2 aromatic rings. The number of nitrogens with one attached hydrogen (secondary N) is 2. The Morgan fingerprint density at radius 1 is 1.23 bits per heavy atom. The smallest absolute Gasteiger partial charge is 0.251 e. The number of thiazole rings is 1. The highest BCUT2D eigenvalue weighted by molar-refractivity contribution is 7.13. The lowest BCUT2D eigenvalue weighted by Gasteiger charge is -2.32. The van der Waals surface area contributed by atoms with Crippen LogP contribution in [0.1, 0.15) is 23.2 Å². The van der Waals surface area contributed by atoms with E-state index in [2.05, 4.69) is 15.6 Å². The third kappa shape index (κ3) is 4.66. The molecule has 7 nitrogen and oxygen atoms in total. The van der Waals surface area contributed by atoms with Crippen LogP contribution >= 0.6 is 11.3 Å². The predicted octanol–water partition coefficient (Wildman–Crippen LogP) is 1.75. The van der Waals surface area contributed by atoms with Gasteiger partial charge in [-0.2, -0.15) is 0 Å². The molecule has 1 aromatic heterocycles. The first-order chi connectivity index (χ1) is 12.6. The second kappa shape index (κ2) is 8.57. The highest BCUT2D eigenvalue weighted by atomic mass is 32.1. The fraction of sp³-hybridized carbons (Fsp3) is 0.333. The molecule has 1 aliphatic rings. The van der Waals surface area contributed by atoms with Gasteiger partial charge in [0, 0.05) is 30.2 Å². The van der Waals surface area contributed by atoms with Gasteiger partial charge in [-0.15, -0.1) is 11.3 Å². The van der Waals surface area contributed by atoms with Gasteiger partial charge in [0.1, 0.15) is 0 Å². The molecule has 3 rings (SSSR count). The van der Waals surface area contributed by atoms with E-state index in [1.54, 1.807) is 40.7 Å². The van der Waals surface area contributed by atoms with Gasteiger partial charge in [0.15, 0.2) is 5.13 Å². The van der Waals surface area contributed by atoms with Crippen molar-refractivity contribution in [1.82, 2.24) is 15.2 Å². The Kier molecular flexibility index (Phi) is 5.96. The monoisotopic (exact) mass is 372 g/mol. The third-order valence-corrected chi connectivity index (χ3v) is 4.93. The molecule has 1 fully saturated rings. The van der Waals surface area contributed by atoms with Gasteiger partial charge in [-0.05, 0) is 25.0 Å². The summed E-state index contributed by atoms with van der Waals surface area (Å²) in [7, 11) is 0. The van der Waals surface area contributed by atoms with Crippen molar-refractivity contribution in [1.29, 1.82) is 0 Å². The highest BCUT2D eigenvalue weighted by Gasteiger charge is 2.28. The minimum absolute atomic E-state index is 0.0749. The molecule has 2 heterocycles. The zero-order chi connectivity index (χ0) is 18.4. The number of hydrogen-bond acceptors (Lipinski definition) is 5. The number of anilines is 1. The molecule has 26 heavy (non-hydrogen) atoms. The maximum Gasteiger partial charge on any atom is 0.251 e. The van der Waals surface area contributed by atoms with E-state index in [9.17, 15) is 14.4 Å². The zero-order valence-corrected chi connectivity index (χ0v) is 15.0. The number of aromatic nitrogens is 1. The van der Waals surface area contributed by atoms with Gasteiger partial charge in [0.2, 0.25) is 11.8 Å². The molecule has 1 saturated heterocycles. The first-order valence-corrected chi connectivity index (χ1v) is 9.33. The van der Waals surface area contributed by atoms with Crippen molar-refractivity contribution in [2.75, 3.05) is 25.0 Å². The number of nitrogens with zero attached hydrogens (tertiary/aromatic N) is 2. The molecule has 0 bridgehead atoms. The van der Waals surface area contributed by atoms with Crippen LogP contribution in [0.3, 0.4) is 0 Å². The predicted molar refractivity (Wildman–Crippen MR) is 98.8 cm³/mol. The second-order valence-electron chi connectivity index (χ2n) is 6.05. The normalized spacial score (nSPS) is 16.8. The van der Waals surface area contributed by atoms with E-state index in [1.165, 1.54) is 11.3 Å². The fourth-order valence-corrected chi connectivity index (χ4v) is 3.40. The van der Waals surface area contributed by atoms with Crippen molar-refractivity contribution in [3.05, 3.63) is 47.5 Å². The van der Waals surface area contributed by atoms with Crippen LogP contribution in [0.2, 0.25) is 0 Å². The summed E-state index contributed by atoms with van der Waals surface area (Å²) in [6.45, 7) is 0.882. The van der Waals surface area contributed by atoms with Gasteiger partial charge in [-0.25, -0.2) is 4.98 Å². The molecule has 1 atom stereocenters. The van der Waals surface area contributed by atoms with Crippen molar-refractivity contribution in [2.24, 2.45) is 5.92 Å². The van der Waals surface area contributed by atoms with Crippen LogP contribution in [0, 0.1) is 5.92 Å². The van der Waals surface area contributed by atoms with Gasteiger partial charge < -0.3 is 15.5 Å². The number of carbonyl (C=O) groups is 3. The third-order valence-electron chi connectivity index (χ3n) is 4.24. The number of carbonyl (C=O) groups excluding carboxylic acids is 3. The van der Waals surface area contributed by atoms with E-state index in [0.29, 0.717) is 23.8 Å². The van der Waals surface area contributed by atoms with E-state index in [1.807, 2.05) is 6.07 Å². The van der Waals surface area contributed by atoms with Crippen LogP contribution < -0.4 is 10.6 Å². The summed E-state index contributed by atoms with van der Waals surface area (Å²) in [6.07, 6.45) is 3.12. The fourth-order valence-electron chi connectivity index (χ4n) is 2.87. The SMILES string of the molecule is O=C(NCC(=O)N1CCC[C@H](C(=O)Nc2nccs2)C1)c1ccccc1. The van der Waals surface area contributed by atoms with Crippen LogP contribution in [0.4, 0.5) is 5.13 Å². The molecule has 8 heteroatoms. The van der Waals surface area contributed by atoms with Crippen molar-refractivity contribution in [2.45, 2.75) is 12.8 Å². The van der Waals surface area contributed by atoms with Gasteiger partial charge in [0.05, 0.1) is 12.5 Å². The molecular weight excluding hydrogens is 352 g/mol. The van der Waals surface area contributed by atoms with Crippen LogP contribution in [0.25, 0.3) is 0 Å². The topological polar surface area (TPSA) is 91.4 Å². The Morgan fingerprint density at radius 3 is 2.77 bits per heavy atom. The molecule has 0 spiro atoms. The Labute approximate surface area is 155 Å².